The number of methoxy groups -OCH3 is 1. The second-order valence-corrected chi connectivity index (χ2v) is 7.49. The van der Waals surface area contributed by atoms with Crippen LogP contribution in [-0.2, 0) is 19.4 Å². The van der Waals surface area contributed by atoms with Crippen LogP contribution < -0.4 is 4.90 Å². The van der Waals surface area contributed by atoms with Gasteiger partial charge in [0, 0.05) is 5.69 Å². The highest BCUT2D eigenvalue weighted by atomic mass is 35.5. The molecule has 1 saturated heterocycles. The van der Waals surface area contributed by atoms with E-state index < -0.39 is 21.8 Å². The van der Waals surface area contributed by atoms with E-state index in [-0.39, 0.29) is 23.3 Å². The number of alkyl halides is 1. The Morgan fingerprint density at radius 1 is 1.32 bits per heavy atom. The Labute approximate surface area is 133 Å². The van der Waals surface area contributed by atoms with Gasteiger partial charge in [0.2, 0.25) is 5.91 Å². The number of hydrogen-bond donors (Lipinski definition) is 0. The van der Waals surface area contributed by atoms with Crippen molar-refractivity contribution >= 4 is 39.0 Å². The summed E-state index contributed by atoms with van der Waals surface area (Å²) < 4.78 is 27.9. The Hall–Kier alpha value is -1.60. The highest BCUT2D eigenvalue weighted by molar-refractivity contribution is 7.91. The van der Waals surface area contributed by atoms with Crippen LogP contribution in [0.4, 0.5) is 5.69 Å². The van der Waals surface area contributed by atoms with Gasteiger partial charge in [-0.15, -0.1) is 11.6 Å². The molecule has 0 aromatic heterocycles. The molecule has 1 atom stereocenters. The van der Waals surface area contributed by atoms with E-state index in [2.05, 4.69) is 4.74 Å². The van der Waals surface area contributed by atoms with Crippen LogP contribution in [0.5, 0.6) is 0 Å². The summed E-state index contributed by atoms with van der Waals surface area (Å²) >= 11 is 5.64. The molecule has 1 heterocycles. The second kappa shape index (κ2) is 6.66. The van der Waals surface area contributed by atoms with Crippen LogP contribution in [0.1, 0.15) is 16.8 Å². The molecule has 1 aromatic carbocycles. The zero-order chi connectivity index (χ0) is 16.3. The quantitative estimate of drug-likeness (QED) is 0.605. The SMILES string of the molecule is COC(=O)c1ccc(N(C(=O)CCl)C2CCS(=O)(=O)C2)cc1. The van der Waals surface area contributed by atoms with E-state index in [4.69, 9.17) is 11.6 Å². The van der Waals surface area contributed by atoms with Gasteiger partial charge in [0.15, 0.2) is 9.84 Å². The van der Waals surface area contributed by atoms with Crippen LogP contribution >= 0.6 is 11.6 Å². The number of halogens is 1. The van der Waals surface area contributed by atoms with Crippen LogP contribution in [-0.4, -0.2) is 50.8 Å². The van der Waals surface area contributed by atoms with Crippen LogP contribution in [0.25, 0.3) is 0 Å². The van der Waals surface area contributed by atoms with Crippen molar-refractivity contribution in [2.45, 2.75) is 12.5 Å². The van der Waals surface area contributed by atoms with Crippen molar-refractivity contribution in [2.75, 3.05) is 29.4 Å². The summed E-state index contributed by atoms with van der Waals surface area (Å²) in [5.74, 6) is -1.10. The number of nitrogens with zero attached hydrogens (tertiary/aromatic N) is 1. The molecule has 120 valence electrons. The number of amides is 1. The number of ether oxygens (including phenoxy) is 1. The molecule has 1 unspecified atom stereocenters. The molecule has 0 aliphatic carbocycles. The van der Waals surface area contributed by atoms with Crippen molar-refractivity contribution in [3.63, 3.8) is 0 Å². The van der Waals surface area contributed by atoms with Gasteiger partial charge in [-0.3, -0.25) is 4.79 Å². The van der Waals surface area contributed by atoms with Crippen LogP contribution in [0.15, 0.2) is 24.3 Å². The first kappa shape index (κ1) is 16.8. The van der Waals surface area contributed by atoms with E-state index in [1.807, 2.05) is 0 Å². The lowest BCUT2D eigenvalue weighted by atomic mass is 10.1. The third-order valence-electron chi connectivity index (χ3n) is 3.52. The van der Waals surface area contributed by atoms with Gasteiger partial charge in [-0.25, -0.2) is 13.2 Å². The smallest absolute Gasteiger partial charge is 0.337 e. The lowest BCUT2D eigenvalue weighted by Gasteiger charge is -2.27. The third kappa shape index (κ3) is 3.59. The molecular formula is C14H16ClNO5S. The lowest BCUT2D eigenvalue weighted by Crippen LogP contribution is -2.42. The predicted molar refractivity (Wildman–Crippen MR) is 83.0 cm³/mol. The summed E-state index contributed by atoms with van der Waals surface area (Å²) in [6, 6.07) is 5.79. The molecule has 0 N–H and O–H groups in total. The van der Waals surface area contributed by atoms with Crippen LogP contribution in [0.2, 0.25) is 0 Å². The fraction of sp³-hybridized carbons (Fsp3) is 0.429. The number of rotatable bonds is 4. The predicted octanol–water partition coefficient (Wildman–Crippen LogP) is 1.23. The number of hydrogen-bond acceptors (Lipinski definition) is 5. The second-order valence-electron chi connectivity index (χ2n) is 4.99. The maximum absolute atomic E-state index is 12.1. The van der Waals surface area contributed by atoms with E-state index >= 15 is 0 Å². The molecule has 0 radical (unpaired) electrons. The summed E-state index contributed by atoms with van der Waals surface area (Å²) in [5.41, 5.74) is 0.865. The normalized spacial score (nSPS) is 19.6. The molecule has 6 nitrogen and oxygen atoms in total. The average molecular weight is 346 g/mol. The summed E-state index contributed by atoms with van der Waals surface area (Å²) in [6.45, 7) is 0. The van der Waals surface area contributed by atoms with Crippen molar-refractivity contribution in [2.24, 2.45) is 0 Å². The third-order valence-corrected chi connectivity index (χ3v) is 5.50. The molecule has 1 fully saturated rings. The maximum atomic E-state index is 12.1. The Morgan fingerprint density at radius 2 is 1.95 bits per heavy atom. The number of anilines is 1. The highest BCUT2D eigenvalue weighted by Crippen LogP contribution is 2.25. The molecule has 1 aromatic rings. The zero-order valence-electron chi connectivity index (χ0n) is 12.0. The molecule has 0 bridgehead atoms. The molecule has 2 rings (SSSR count). The number of carbonyl (C=O) groups is 2. The van der Waals surface area contributed by atoms with Gasteiger partial charge in [-0.05, 0) is 30.7 Å². The molecule has 1 amide bonds. The lowest BCUT2D eigenvalue weighted by molar-refractivity contribution is -0.116. The molecule has 1 aliphatic rings. The fourth-order valence-electron chi connectivity index (χ4n) is 2.48. The number of benzene rings is 1. The van der Waals surface area contributed by atoms with Gasteiger partial charge in [0.05, 0.1) is 30.2 Å². The number of sulfone groups is 1. The van der Waals surface area contributed by atoms with E-state index in [1.54, 1.807) is 12.1 Å². The van der Waals surface area contributed by atoms with Crippen LogP contribution in [0, 0.1) is 0 Å². The standard InChI is InChI=1S/C14H16ClNO5S/c1-21-14(18)10-2-4-11(5-3-10)16(13(17)8-15)12-6-7-22(19,20)9-12/h2-5,12H,6-9H2,1H3. The average Bonchev–Trinajstić information content (AvgIpc) is 2.87. The molecular weight excluding hydrogens is 330 g/mol. The number of carbonyl (C=O) groups excluding carboxylic acids is 2. The largest absolute Gasteiger partial charge is 0.465 e. The molecule has 0 spiro atoms. The van der Waals surface area contributed by atoms with E-state index in [9.17, 15) is 18.0 Å². The van der Waals surface area contributed by atoms with Gasteiger partial charge in [-0.1, -0.05) is 0 Å². The van der Waals surface area contributed by atoms with Gasteiger partial charge < -0.3 is 9.64 Å². The van der Waals surface area contributed by atoms with E-state index in [1.165, 1.54) is 24.1 Å². The van der Waals surface area contributed by atoms with Gasteiger partial charge in [0.1, 0.15) is 5.88 Å². The Balaban J connectivity index is 2.30. The fourth-order valence-corrected chi connectivity index (χ4v) is 4.31. The van der Waals surface area contributed by atoms with E-state index in [0.717, 1.165) is 0 Å². The van der Waals surface area contributed by atoms with Crippen molar-refractivity contribution in [1.29, 1.82) is 0 Å². The van der Waals surface area contributed by atoms with Gasteiger partial charge in [-0.2, -0.15) is 0 Å². The minimum absolute atomic E-state index is 0.0595. The molecule has 0 saturated carbocycles. The summed E-state index contributed by atoms with van der Waals surface area (Å²) in [7, 11) is -1.85. The van der Waals surface area contributed by atoms with Crippen molar-refractivity contribution < 1.29 is 22.7 Å². The first-order chi connectivity index (χ1) is 10.4. The van der Waals surface area contributed by atoms with Crippen molar-refractivity contribution in [3.05, 3.63) is 29.8 Å². The maximum Gasteiger partial charge on any atom is 0.337 e. The topological polar surface area (TPSA) is 80.8 Å². The minimum Gasteiger partial charge on any atom is -0.465 e. The first-order valence-corrected chi connectivity index (χ1v) is 9.00. The Morgan fingerprint density at radius 3 is 2.41 bits per heavy atom. The summed E-state index contributed by atoms with van der Waals surface area (Å²) in [6.07, 6.45) is 0.379. The Bertz CT molecular complexity index is 671. The van der Waals surface area contributed by atoms with Gasteiger partial charge in [0.25, 0.3) is 0 Å². The Kier molecular flexibility index (Phi) is 5.08. The molecule has 1 aliphatic heterocycles. The van der Waals surface area contributed by atoms with E-state index in [0.29, 0.717) is 17.7 Å². The minimum atomic E-state index is -3.13. The first-order valence-electron chi connectivity index (χ1n) is 6.65. The highest BCUT2D eigenvalue weighted by Gasteiger charge is 2.35. The van der Waals surface area contributed by atoms with Crippen molar-refractivity contribution in [3.8, 4) is 0 Å². The number of esters is 1. The zero-order valence-corrected chi connectivity index (χ0v) is 13.6. The van der Waals surface area contributed by atoms with Crippen LogP contribution in [0.3, 0.4) is 0 Å². The molecule has 22 heavy (non-hydrogen) atoms. The van der Waals surface area contributed by atoms with Gasteiger partial charge >= 0.3 is 5.97 Å². The monoisotopic (exact) mass is 345 g/mol. The van der Waals surface area contributed by atoms with Crippen molar-refractivity contribution in [1.82, 2.24) is 0 Å². The molecule has 8 heteroatoms. The summed E-state index contributed by atoms with van der Waals surface area (Å²) in [5, 5.41) is 0. The summed E-state index contributed by atoms with van der Waals surface area (Å²) in [4.78, 5) is 24.9.